The molecular weight excluding hydrogens is 424 g/mol. The Bertz CT molecular complexity index is 828. The Morgan fingerprint density at radius 2 is 1.26 bits per heavy atom. The highest BCUT2D eigenvalue weighted by atomic mass is 16.5. The average molecular weight is 467 g/mol. The van der Waals surface area contributed by atoms with Gasteiger partial charge in [0.2, 0.25) is 0 Å². The largest absolute Gasteiger partial charge is 0.494 e. The second kappa shape index (κ2) is 14.7. The summed E-state index contributed by atoms with van der Waals surface area (Å²) >= 11 is 0. The molecule has 1 fully saturated rings. The number of carbonyl (C=O) groups is 1. The van der Waals surface area contributed by atoms with E-state index in [0.717, 1.165) is 42.8 Å². The molecule has 0 amide bonds. The van der Waals surface area contributed by atoms with Crippen molar-refractivity contribution in [2.24, 2.45) is 11.8 Å². The van der Waals surface area contributed by atoms with Gasteiger partial charge in [0, 0.05) is 0 Å². The predicted molar refractivity (Wildman–Crippen MR) is 138 cm³/mol. The number of benzene rings is 2. The maximum absolute atomic E-state index is 12.4. The summed E-state index contributed by atoms with van der Waals surface area (Å²) in [5.74, 6) is 3.52. The fourth-order valence-corrected chi connectivity index (χ4v) is 4.91. The molecule has 1 aliphatic rings. The van der Waals surface area contributed by atoms with Crippen LogP contribution in [-0.4, -0.2) is 19.2 Å². The molecule has 0 heterocycles. The van der Waals surface area contributed by atoms with Crippen molar-refractivity contribution < 1.29 is 19.0 Å². The SMILES string of the molecule is CCCCCC1CCCCC1CCCOc1ccc(OC(=O)c2ccc(OCCC)cc2)cc1. The van der Waals surface area contributed by atoms with Gasteiger partial charge in [-0.2, -0.15) is 0 Å². The summed E-state index contributed by atoms with van der Waals surface area (Å²) in [6.07, 6.45) is 14.4. The predicted octanol–water partition coefficient (Wildman–Crippen LogP) is 8.24. The molecule has 1 saturated carbocycles. The lowest BCUT2D eigenvalue weighted by Crippen LogP contribution is -2.20. The van der Waals surface area contributed by atoms with Crippen molar-refractivity contribution in [1.29, 1.82) is 0 Å². The maximum Gasteiger partial charge on any atom is 0.343 e. The molecule has 0 bridgehead atoms. The van der Waals surface area contributed by atoms with E-state index in [9.17, 15) is 4.79 Å². The van der Waals surface area contributed by atoms with Crippen LogP contribution in [0.15, 0.2) is 48.5 Å². The van der Waals surface area contributed by atoms with Crippen molar-refractivity contribution in [1.82, 2.24) is 0 Å². The first kappa shape index (κ1) is 26.1. The molecule has 2 aromatic rings. The first-order valence-electron chi connectivity index (χ1n) is 13.4. The molecule has 0 radical (unpaired) electrons. The lowest BCUT2D eigenvalue weighted by atomic mass is 9.74. The Kier molecular flexibility index (Phi) is 11.3. The summed E-state index contributed by atoms with van der Waals surface area (Å²) in [6, 6.07) is 14.4. The van der Waals surface area contributed by atoms with Crippen LogP contribution in [0.2, 0.25) is 0 Å². The van der Waals surface area contributed by atoms with Gasteiger partial charge in [-0.05, 0) is 79.6 Å². The number of esters is 1. The Labute approximate surface area is 206 Å². The molecule has 0 spiro atoms. The van der Waals surface area contributed by atoms with E-state index in [1.54, 1.807) is 36.4 Å². The molecule has 0 saturated heterocycles. The van der Waals surface area contributed by atoms with E-state index in [0.29, 0.717) is 17.9 Å². The van der Waals surface area contributed by atoms with E-state index >= 15 is 0 Å². The number of carbonyl (C=O) groups excluding carboxylic acids is 1. The molecule has 34 heavy (non-hydrogen) atoms. The molecule has 186 valence electrons. The van der Waals surface area contributed by atoms with Gasteiger partial charge in [0.1, 0.15) is 17.2 Å². The number of hydrogen-bond acceptors (Lipinski definition) is 4. The summed E-state index contributed by atoms with van der Waals surface area (Å²) < 4.78 is 17.0. The lowest BCUT2D eigenvalue weighted by Gasteiger charge is -2.31. The minimum atomic E-state index is -0.378. The van der Waals surface area contributed by atoms with E-state index in [4.69, 9.17) is 14.2 Å². The molecule has 2 unspecified atom stereocenters. The number of unbranched alkanes of at least 4 members (excludes halogenated alkanes) is 2. The van der Waals surface area contributed by atoms with E-state index in [1.807, 2.05) is 12.1 Å². The van der Waals surface area contributed by atoms with Crippen LogP contribution in [0.3, 0.4) is 0 Å². The fraction of sp³-hybridized carbons (Fsp3) is 0.567. The van der Waals surface area contributed by atoms with Crippen molar-refractivity contribution in [3.63, 3.8) is 0 Å². The second-order valence-electron chi connectivity index (χ2n) is 9.52. The smallest absolute Gasteiger partial charge is 0.343 e. The van der Waals surface area contributed by atoms with Crippen LogP contribution in [0.4, 0.5) is 0 Å². The third-order valence-electron chi connectivity index (χ3n) is 6.83. The molecule has 4 nitrogen and oxygen atoms in total. The molecule has 0 aromatic heterocycles. The van der Waals surface area contributed by atoms with Gasteiger partial charge in [-0.15, -0.1) is 0 Å². The van der Waals surface area contributed by atoms with Gasteiger partial charge < -0.3 is 14.2 Å². The number of hydrogen-bond donors (Lipinski definition) is 0. The quantitative estimate of drug-likeness (QED) is 0.160. The van der Waals surface area contributed by atoms with Crippen molar-refractivity contribution in [2.75, 3.05) is 13.2 Å². The maximum atomic E-state index is 12.4. The highest BCUT2D eigenvalue weighted by molar-refractivity contribution is 5.91. The molecule has 2 aromatic carbocycles. The number of ether oxygens (including phenoxy) is 3. The third-order valence-corrected chi connectivity index (χ3v) is 6.83. The average Bonchev–Trinajstić information content (AvgIpc) is 2.87. The summed E-state index contributed by atoms with van der Waals surface area (Å²) in [5, 5.41) is 0. The first-order valence-corrected chi connectivity index (χ1v) is 13.4. The molecule has 0 N–H and O–H groups in total. The summed E-state index contributed by atoms with van der Waals surface area (Å²) in [5.41, 5.74) is 0.500. The Morgan fingerprint density at radius 1 is 0.706 bits per heavy atom. The Balaban J connectivity index is 1.38. The van der Waals surface area contributed by atoms with E-state index in [1.165, 1.54) is 57.8 Å². The van der Waals surface area contributed by atoms with Gasteiger partial charge in [-0.25, -0.2) is 4.79 Å². The van der Waals surface area contributed by atoms with Crippen LogP contribution in [0, 0.1) is 11.8 Å². The minimum absolute atomic E-state index is 0.378. The Hall–Kier alpha value is -2.49. The zero-order chi connectivity index (χ0) is 24.0. The fourth-order valence-electron chi connectivity index (χ4n) is 4.91. The zero-order valence-electron chi connectivity index (χ0n) is 21.1. The summed E-state index contributed by atoms with van der Waals surface area (Å²) in [4.78, 5) is 12.4. The highest BCUT2D eigenvalue weighted by Gasteiger charge is 2.24. The Morgan fingerprint density at radius 3 is 1.88 bits per heavy atom. The van der Waals surface area contributed by atoms with Crippen LogP contribution >= 0.6 is 0 Å². The normalized spacial score (nSPS) is 17.8. The van der Waals surface area contributed by atoms with Crippen LogP contribution in [0.5, 0.6) is 17.2 Å². The molecule has 0 aliphatic heterocycles. The summed E-state index contributed by atoms with van der Waals surface area (Å²) in [7, 11) is 0. The van der Waals surface area contributed by atoms with Crippen LogP contribution in [0.25, 0.3) is 0 Å². The van der Waals surface area contributed by atoms with Crippen molar-refractivity contribution in [3.05, 3.63) is 54.1 Å². The standard InChI is InChI=1S/C30H42O4/c1-3-5-6-10-24-11-7-8-12-25(24)13-9-23-33-28-18-20-29(21-19-28)34-30(31)26-14-16-27(17-15-26)32-22-4-2/h14-21,24-25H,3-13,22-23H2,1-2H3. The first-order chi connectivity index (χ1) is 16.7. The second-order valence-corrected chi connectivity index (χ2v) is 9.52. The van der Waals surface area contributed by atoms with Crippen LogP contribution in [0.1, 0.15) is 94.8 Å². The zero-order valence-corrected chi connectivity index (χ0v) is 21.1. The van der Waals surface area contributed by atoms with Crippen molar-refractivity contribution in [2.45, 2.75) is 84.5 Å². The molecule has 3 rings (SSSR count). The van der Waals surface area contributed by atoms with Gasteiger partial charge in [0.05, 0.1) is 18.8 Å². The molecule has 2 atom stereocenters. The lowest BCUT2D eigenvalue weighted by molar-refractivity contribution is 0.0734. The van der Waals surface area contributed by atoms with Gasteiger partial charge >= 0.3 is 5.97 Å². The van der Waals surface area contributed by atoms with Crippen molar-refractivity contribution >= 4 is 5.97 Å². The van der Waals surface area contributed by atoms with Gasteiger partial charge in [0.15, 0.2) is 0 Å². The minimum Gasteiger partial charge on any atom is -0.494 e. The van der Waals surface area contributed by atoms with Crippen molar-refractivity contribution in [3.8, 4) is 17.2 Å². The van der Waals surface area contributed by atoms with Crippen LogP contribution in [-0.2, 0) is 0 Å². The van der Waals surface area contributed by atoms with E-state index in [-0.39, 0.29) is 5.97 Å². The van der Waals surface area contributed by atoms with E-state index < -0.39 is 0 Å². The summed E-state index contributed by atoms with van der Waals surface area (Å²) in [6.45, 7) is 5.75. The van der Waals surface area contributed by atoms with E-state index in [2.05, 4.69) is 13.8 Å². The topological polar surface area (TPSA) is 44.8 Å². The molecule has 1 aliphatic carbocycles. The van der Waals surface area contributed by atoms with Crippen LogP contribution < -0.4 is 14.2 Å². The highest BCUT2D eigenvalue weighted by Crippen LogP contribution is 2.36. The van der Waals surface area contributed by atoms with Gasteiger partial charge in [-0.3, -0.25) is 0 Å². The third kappa shape index (κ3) is 8.70. The van der Waals surface area contributed by atoms with Gasteiger partial charge in [0.25, 0.3) is 0 Å². The number of rotatable bonds is 14. The molecular formula is C30H42O4. The monoisotopic (exact) mass is 466 g/mol. The molecule has 4 heteroatoms. The van der Waals surface area contributed by atoms with Gasteiger partial charge in [-0.1, -0.05) is 65.2 Å².